The molecule has 27 heavy (non-hydrogen) atoms. The Hall–Kier alpha value is -1.89. The summed E-state index contributed by atoms with van der Waals surface area (Å²) in [6.45, 7) is 1.93. The molecule has 0 saturated heterocycles. The molecule has 5 nitrogen and oxygen atoms in total. The van der Waals surface area contributed by atoms with Gasteiger partial charge in [0.05, 0.1) is 30.4 Å². The SMILES string of the molecule is CC(CO)(CO)NCc1c2ccccc2c(OCCO)c2c(Cl)cccc12. The zero-order valence-corrected chi connectivity index (χ0v) is 16.0. The quantitative estimate of drug-likeness (QED) is 0.445. The van der Waals surface area contributed by atoms with Gasteiger partial charge in [-0.15, -0.1) is 0 Å². The van der Waals surface area contributed by atoms with Crippen LogP contribution in [0.15, 0.2) is 42.5 Å². The smallest absolute Gasteiger partial charge is 0.136 e. The van der Waals surface area contributed by atoms with Gasteiger partial charge in [-0.25, -0.2) is 0 Å². The van der Waals surface area contributed by atoms with E-state index in [0.29, 0.717) is 17.3 Å². The Labute approximate surface area is 163 Å². The van der Waals surface area contributed by atoms with Crippen LogP contribution in [0.1, 0.15) is 12.5 Å². The zero-order valence-electron chi connectivity index (χ0n) is 15.2. The first-order valence-electron chi connectivity index (χ1n) is 8.87. The fourth-order valence-corrected chi connectivity index (χ4v) is 3.44. The van der Waals surface area contributed by atoms with E-state index in [1.807, 2.05) is 42.5 Å². The minimum Gasteiger partial charge on any atom is -0.490 e. The Bertz CT molecular complexity index is 940. The number of ether oxygens (including phenoxy) is 1. The fourth-order valence-electron chi connectivity index (χ4n) is 3.18. The predicted octanol–water partition coefficient (Wildman–Crippen LogP) is 2.85. The second kappa shape index (κ2) is 8.42. The molecule has 4 N–H and O–H groups in total. The molecule has 0 atom stereocenters. The van der Waals surface area contributed by atoms with Gasteiger partial charge in [-0.1, -0.05) is 48.0 Å². The lowest BCUT2D eigenvalue weighted by atomic mass is 9.94. The van der Waals surface area contributed by atoms with Crippen LogP contribution in [0.2, 0.25) is 5.02 Å². The van der Waals surface area contributed by atoms with E-state index in [9.17, 15) is 15.3 Å². The van der Waals surface area contributed by atoms with Gasteiger partial charge >= 0.3 is 0 Å². The van der Waals surface area contributed by atoms with E-state index < -0.39 is 5.54 Å². The van der Waals surface area contributed by atoms with Crippen molar-refractivity contribution in [2.24, 2.45) is 0 Å². The molecule has 0 fully saturated rings. The summed E-state index contributed by atoms with van der Waals surface area (Å²) < 4.78 is 5.87. The molecule has 0 radical (unpaired) electrons. The highest BCUT2D eigenvalue weighted by molar-refractivity contribution is 6.37. The first kappa shape index (κ1) is 19.9. The summed E-state index contributed by atoms with van der Waals surface area (Å²) in [6.07, 6.45) is 0. The molecule has 0 bridgehead atoms. The highest BCUT2D eigenvalue weighted by Crippen LogP contribution is 2.41. The predicted molar refractivity (Wildman–Crippen MR) is 108 cm³/mol. The average molecular weight is 390 g/mol. The van der Waals surface area contributed by atoms with Crippen LogP contribution in [0.3, 0.4) is 0 Å². The molecule has 0 unspecified atom stereocenters. The number of hydrogen-bond donors (Lipinski definition) is 4. The summed E-state index contributed by atoms with van der Waals surface area (Å²) in [7, 11) is 0. The molecule has 0 aliphatic carbocycles. The van der Waals surface area contributed by atoms with Crippen LogP contribution in [-0.4, -0.2) is 47.3 Å². The molecule has 0 aliphatic rings. The van der Waals surface area contributed by atoms with Crippen molar-refractivity contribution < 1.29 is 20.1 Å². The second-order valence-corrected chi connectivity index (χ2v) is 7.23. The number of fused-ring (bicyclic) bond motifs is 2. The molecule has 0 spiro atoms. The highest BCUT2D eigenvalue weighted by Gasteiger charge is 2.23. The van der Waals surface area contributed by atoms with Crippen LogP contribution in [0, 0.1) is 0 Å². The minimum atomic E-state index is -0.794. The standard InChI is InChI=1S/C21H24ClNO4/c1-21(12-25,13-26)23-11-17-14-5-2-3-6-16(14)20(27-10-9-24)19-15(17)7-4-8-18(19)22/h2-8,23-26H,9-13H2,1H3. The van der Waals surface area contributed by atoms with Crippen molar-refractivity contribution in [3.8, 4) is 5.75 Å². The number of aliphatic hydroxyl groups excluding tert-OH is 3. The summed E-state index contributed by atoms with van der Waals surface area (Å²) in [5, 5.41) is 35.8. The molecule has 0 saturated carbocycles. The van der Waals surface area contributed by atoms with Crippen molar-refractivity contribution in [1.82, 2.24) is 5.32 Å². The fraction of sp³-hybridized carbons (Fsp3) is 0.333. The molecule has 3 aromatic carbocycles. The van der Waals surface area contributed by atoms with E-state index in [1.54, 1.807) is 6.92 Å². The summed E-state index contributed by atoms with van der Waals surface area (Å²) in [4.78, 5) is 0. The van der Waals surface area contributed by atoms with Crippen molar-refractivity contribution in [2.45, 2.75) is 19.0 Å². The Morgan fingerprint density at radius 2 is 1.63 bits per heavy atom. The zero-order chi connectivity index (χ0) is 19.4. The van der Waals surface area contributed by atoms with Crippen molar-refractivity contribution in [3.05, 3.63) is 53.1 Å². The lowest BCUT2D eigenvalue weighted by Crippen LogP contribution is -2.48. The molecule has 144 valence electrons. The Morgan fingerprint density at radius 1 is 0.963 bits per heavy atom. The summed E-state index contributed by atoms with van der Waals surface area (Å²) in [6, 6.07) is 13.5. The molecular formula is C21H24ClNO4. The lowest BCUT2D eigenvalue weighted by molar-refractivity contribution is 0.103. The lowest BCUT2D eigenvalue weighted by Gasteiger charge is -2.27. The molecule has 0 heterocycles. The van der Waals surface area contributed by atoms with Gasteiger partial charge in [0.2, 0.25) is 0 Å². The Kier molecular flexibility index (Phi) is 6.19. The number of rotatable bonds is 8. The van der Waals surface area contributed by atoms with Gasteiger partial charge < -0.3 is 25.4 Å². The molecule has 3 rings (SSSR count). The van der Waals surface area contributed by atoms with Crippen LogP contribution in [-0.2, 0) is 6.54 Å². The first-order valence-corrected chi connectivity index (χ1v) is 9.24. The van der Waals surface area contributed by atoms with Crippen molar-refractivity contribution in [2.75, 3.05) is 26.4 Å². The summed E-state index contributed by atoms with van der Waals surface area (Å²) >= 11 is 6.52. The monoisotopic (exact) mass is 389 g/mol. The van der Waals surface area contributed by atoms with E-state index in [-0.39, 0.29) is 26.4 Å². The van der Waals surface area contributed by atoms with Crippen LogP contribution >= 0.6 is 11.6 Å². The van der Waals surface area contributed by atoms with Crippen molar-refractivity contribution in [3.63, 3.8) is 0 Å². The van der Waals surface area contributed by atoms with E-state index in [2.05, 4.69) is 5.32 Å². The average Bonchev–Trinajstić information content (AvgIpc) is 2.70. The van der Waals surface area contributed by atoms with Crippen LogP contribution in [0.5, 0.6) is 5.75 Å². The summed E-state index contributed by atoms with van der Waals surface area (Å²) in [5.41, 5.74) is 0.213. The number of benzene rings is 3. The van der Waals surface area contributed by atoms with Gasteiger partial charge in [0.25, 0.3) is 0 Å². The van der Waals surface area contributed by atoms with Gasteiger partial charge in [0, 0.05) is 17.3 Å². The molecule has 3 aromatic rings. The van der Waals surface area contributed by atoms with Crippen LogP contribution in [0.4, 0.5) is 0 Å². The molecular weight excluding hydrogens is 366 g/mol. The first-order chi connectivity index (χ1) is 13.0. The van der Waals surface area contributed by atoms with Crippen LogP contribution < -0.4 is 10.1 Å². The maximum atomic E-state index is 9.59. The van der Waals surface area contributed by atoms with Crippen molar-refractivity contribution in [1.29, 1.82) is 0 Å². The largest absolute Gasteiger partial charge is 0.490 e. The topological polar surface area (TPSA) is 82.0 Å². The van der Waals surface area contributed by atoms with E-state index in [4.69, 9.17) is 16.3 Å². The van der Waals surface area contributed by atoms with Gasteiger partial charge in [0.15, 0.2) is 0 Å². The highest BCUT2D eigenvalue weighted by atomic mass is 35.5. The van der Waals surface area contributed by atoms with Gasteiger partial charge in [-0.3, -0.25) is 0 Å². The maximum absolute atomic E-state index is 9.59. The Morgan fingerprint density at radius 3 is 2.30 bits per heavy atom. The molecule has 0 aromatic heterocycles. The third kappa shape index (κ3) is 3.88. The third-order valence-electron chi connectivity index (χ3n) is 4.79. The number of nitrogens with one attached hydrogen (secondary N) is 1. The minimum absolute atomic E-state index is 0.0884. The number of hydrogen-bond acceptors (Lipinski definition) is 5. The molecule has 6 heteroatoms. The second-order valence-electron chi connectivity index (χ2n) is 6.82. The van der Waals surface area contributed by atoms with Crippen molar-refractivity contribution >= 4 is 33.1 Å². The van der Waals surface area contributed by atoms with E-state index in [0.717, 1.165) is 27.1 Å². The third-order valence-corrected chi connectivity index (χ3v) is 5.11. The molecule has 0 amide bonds. The van der Waals surface area contributed by atoms with Gasteiger partial charge in [-0.05, 0) is 29.3 Å². The normalized spacial score (nSPS) is 12.0. The number of halogens is 1. The maximum Gasteiger partial charge on any atom is 0.136 e. The van der Waals surface area contributed by atoms with Gasteiger partial charge in [-0.2, -0.15) is 0 Å². The Balaban J connectivity index is 2.24. The van der Waals surface area contributed by atoms with Gasteiger partial charge in [0.1, 0.15) is 12.4 Å². The number of aliphatic hydroxyl groups is 3. The van der Waals surface area contributed by atoms with E-state index >= 15 is 0 Å². The summed E-state index contributed by atoms with van der Waals surface area (Å²) in [5.74, 6) is 0.649. The van der Waals surface area contributed by atoms with Crippen LogP contribution in [0.25, 0.3) is 21.5 Å². The molecule has 0 aliphatic heterocycles. The van der Waals surface area contributed by atoms with E-state index in [1.165, 1.54) is 0 Å².